The minimum absolute atomic E-state index is 0.0101. The zero-order valence-electron chi connectivity index (χ0n) is 12.4. The van der Waals surface area contributed by atoms with Crippen molar-refractivity contribution in [1.29, 1.82) is 0 Å². The van der Waals surface area contributed by atoms with Gasteiger partial charge in [0.2, 0.25) is 10.0 Å². The van der Waals surface area contributed by atoms with Crippen molar-refractivity contribution in [3.8, 4) is 0 Å². The highest BCUT2D eigenvalue weighted by atomic mass is 32.2. The van der Waals surface area contributed by atoms with Gasteiger partial charge in [0.15, 0.2) is 0 Å². The molecule has 3 nitrogen and oxygen atoms in total. The molecule has 1 atom stereocenters. The summed E-state index contributed by atoms with van der Waals surface area (Å²) in [5.41, 5.74) is 2.96. The largest absolute Gasteiger partial charge is 0.216 e. The molecule has 1 N–H and O–H groups in total. The van der Waals surface area contributed by atoms with Crippen LogP contribution in [0, 0.1) is 6.92 Å². The monoisotopic (exact) mass is 303 g/mol. The van der Waals surface area contributed by atoms with Gasteiger partial charge >= 0.3 is 0 Å². The number of hydrogen-bond donors (Lipinski definition) is 1. The molecule has 2 aromatic carbocycles. The first-order chi connectivity index (χ1) is 10.00. The number of sulfonamides is 1. The Bertz CT molecular complexity index is 664. The Balaban J connectivity index is 2.12. The Hall–Kier alpha value is -1.65. The highest BCUT2D eigenvalue weighted by Gasteiger charge is 2.18. The average Bonchev–Trinajstić information content (AvgIpc) is 2.46. The van der Waals surface area contributed by atoms with Crippen LogP contribution in [0.2, 0.25) is 0 Å². The molecule has 112 valence electrons. The second kappa shape index (κ2) is 6.87. The molecule has 2 rings (SSSR count). The van der Waals surface area contributed by atoms with Gasteiger partial charge in [0.25, 0.3) is 0 Å². The van der Waals surface area contributed by atoms with E-state index in [9.17, 15) is 8.42 Å². The van der Waals surface area contributed by atoms with E-state index in [0.29, 0.717) is 0 Å². The average molecular weight is 303 g/mol. The summed E-state index contributed by atoms with van der Waals surface area (Å²) in [4.78, 5) is 0. The van der Waals surface area contributed by atoms with E-state index in [1.165, 1.54) is 5.56 Å². The fourth-order valence-electron chi connectivity index (χ4n) is 2.24. The summed E-state index contributed by atoms with van der Waals surface area (Å²) in [6.07, 6.45) is 0.719. The molecule has 0 fully saturated rings. The molecular weight excluding hydrogens is 282 g/mol. The maximum absolute atomic E-state index is 12.3. The second-order valence-corrected chi connectivity index (χ2v) is 6.99. The maximum atomic E-state index is 12.3. The smallest absolute Gasteiger partial charge is 0.212 e. The lowest BCUT2D eigenvalue weighted by Gasteiger charge is -2.18. The van der Waals surface area contributed by atoms with E-state index >= 15 is 0 Å². The van der Waals surface area contributed by atoms with Gasteiger partial charge in [-0.15, -0.1) is 0 Å². The Morgan fingerprint density at radius 1 is 1.00 bits per heavy atom. The third-order valence-corrected chi connectivity index (χ3v) is 4.77. The molecule has 0 saturated heterocycles. The summed E-state index contributed by atoms with van der Waals surface area (Å²) in [5.74, 6) is 0.0101. The predicted molar refractivity (Wildman–Crippen MR) is 86.4 cm³/mol. The van der Waals surface area contributed by atoms with Gasteiger partial charge in [0.05, 0.1) is 5.75 Å². The first-order valence-corrected chi connectivity index (χ1v) is 8.76. The molecule has 0 saturated carbocycles. The fourth-order valence-corrected chi connectivity index (χ4v) is 3.69. The molecule has 0 spiro atoms. The van der Waals surface area contributed by atoms with Crippen LogP contribution in [0.1, 0.15) is 36.1 Å². The fraction of sp³-hybridized carbons (Fsp3) is 0.294. The van der Waals surface area contributed by atoms with Gasteiger partial charge < -0.3 is 0 Å². The first kappa shape index (κ1) is 15.7. The molecular formula is C17H21NO2S. The molecule has 0 amide bonds. The molecule has 0 aromatic heterocycles. The van der Waals surface area contributed by atoms with Crippen LogP contribution in [0.25, 0.3) is 0 Å². The van der Waals surface area contributed by atoms with Crippen molar-refractivity contribution in [2.45, 2.75) is 32.1 Å². The van der Waals surface area contributed by atoms with Crippen molar-refractivity contribution in [3.63, 3.8) is 0 Å². The number of nitrogens with one attached hydrogen (secondary N) is 1. The van der Waals surface area contributed by atoms with Crippen LogP contribution in [0.3, 0.4) is 0 Å². The Morgan fingerprint density at radius 3 is 2.19 bits per heavy atom. The van der Waals surface area contributed by atoms with Gasteiger partial charge in [-0.25, -0.2) is 13.1 Å². The van der Waals surface area contributed by atoms with Crippen molar-refractivity contribution in [1.82, 2.24) is 4.72 Å². The van der Waals surface area contributed by atoms with Gasteiger partial charge in [-0.3, -0.25) is 0 Å². The van der Waals surface area contributed by atoms with Crippen LogP contribution in [0.15, 0.2) is 54.6 Å². The highest BCUT2D eigenvalue weighted by Crippen LogP contribution is 2.19. The van der Waals surface area contributed by atoms with Gasteiger partial charge in [0.1, 0.15) is 0 Å². The molecule has 0 unspecified atom stereocenters. The zero-order valence-corrected chi connectivity index (χ0v) is 13.2. The Morgan fingerprint density at radius 2 is 1.62 bits per heavy atom. The molecule has 0 heterocycles. The number of aryl methyl sites for hydroxylation is 1. The molecule has 0 radical (unpaired) electrons. The maximum Gasteiger partial charge on any atom is 0.216 e. The van der Waals surface area contributed by atoms with Crippen LogP contribution in [0.5, 0.6) is 0 Å². The predicted octanol–water partition coefficient (Wildman–Crippen LogP) is 3.57. The van der Waals surface area contributed by atoms with Crippen molar-refractivity contribution >= 4 is 10.0 Å². The van der Waals surface area contributed by atoms with Gasteiger partial charge in [-0.1, -0.05) is 67.1 Å². The minimum atomic E-state index is -3.35. The van der Waals surface area contributed by atoms with Crippen molar-refractivity contribution < 1.29 is 8.42 Å². The van der Waals surface area contributed by atoms with Crippen LogP contribution in [-0.4, -0.2) is 8.42 Å². The van der Waals surface area contributed by atoms with E-state index in [0.717, 1.165) is 17.5 Å². The van der Waals surface area contributed by atoms with Gasteiger partial charge in [-0.2, -0.15) is 0 Å². The molecule has 2 aromatic rings. The van der Waals surface area contributed by atoms with Gasteiger partial charge in [-0.05, 0) is 24.5 Å². The summed E-state index contributed by atoms with van der Waals surface area (Å²) < 4.78 is 27.4. The standard InChI is InChI=1S/C17H21NO2S/c1-3-17(16-11-9-14(2)10-12-16)18-21(19,20)13-15-7-5-4-6-8-15/h4-12,17-18H,3,13H2,1-2H3/t17-/m0/s1. The number of benzene rings is 2. The van der Waals surface area contributed by atoms with E-state index in [-0.39, 0.29) is 11.8 Å². The first-order valence-electron chi connectivity index (χ1n) is 7.10. The quantitative estimate of drug-likeness (QED) is 0.887. The highest BCUT2D eigenvalue weighted by molar-refractivity contribution is 7.88. The van der Waals surface area contributed by atoms with Gasteiger partial charge in [0, 0.05) is 6.04 Å². The SMILES string of the molecule is CC[C@H](NS(=O)(=O)Cc1ccccc1)c1ccc(C)cc1. The lowest BCUT2D eigenvalue weighted by Crippen LogP contribution is -2.29. The lowest BCUT2D eigenvalue weighted by atomic mass is 10.0. The third-order valence-electron chi connectivity index (χ3n) is 3.41. The van der Waals surface area contributed by atoms with Crippen LogP contribution >= 0.6 is 0 Å². The van der Waals surface area contributed by atoms with Crippen LogP contribution < -0.4 is 4.72 Å². The number of rotatable bonds is 6. The van der Waals surface area contributed by atoms with E-state index in [1.54, 1.807) is 0 Å². The molecule has 4 heteroatoms. The summed E-state index contributed by atoms with van der Waals surface area (Å²) in [6.45, 7) is 4.00. The molecule has 0 aliphatic rings. The molecule has 0 aliphatic carbocycles. The Kier molecular flexibility index (Phi) is 5.15. The van der Waals surface area contributed by atoms with Crippen molar-refractivity contribution in [2.24, 2.45) is 0 Å². The summed E-state index contributed by atoms with van der Waals surface area (Å²) in [5, 5.41) is 0. The summed E-state index contributed by atoms with van der Waals surface area (Å²) in [6, 6.07) is 17.0. The number of hydrogen-bond acceptors (Lipinski definition) is 2. The summed E-state index contributed by atoms with van der Waals surface area (Å²) in [7, 11) is -3.35. The summed E-state index contributed by atoms with van der Waals surface area (Å²) >= 11 is 0. The van der Waals surface area contributed by atoms with E-state index in [4.69, 9.17) is 0 Å². The zero-order chi connectivity index (χ0) is 15.3. The lowest BCUT2D eigenvalue weighted by molar-refractivity contribution is 0.549. The van der Waals surface area contributed by atoms with E-state index in [1.807, 2.05) is 68.4 Å². The van der Waals surface area contributed by atoms with Crippen molar-refractivity contribution in [3.05, 3.63) is 71.3 Å². The molecule has 21 heavy (non-hydrogen) atoms. The normalized spacial score (nSPS) is 13.0. The molecule has 0 bridgehead atoms. The van der Waals surface area contributed by atoms with Crippen molar-refractivity contribution in [2.75, 3.05) is 0 Å². The topological polar surface area (TPSA) is 46.2 Å². The van der Waals surface area contributed by atoms with Crippen LogP contribution in [0.4, 0.5) is 0 Å². The minimum Gasteiger partial charge on any atom is -0.212 e. The van der Waals surface area contributed by atoms with E-state index < -0.39 is 10.0 Å². The third kappa shape index (κ3) is 4.69. The molecule has 0 aliphatic heterocycles. The van der Waals surface area contributed by atoms with E-state index in [2.05, 4.69) is 4.72 Å². The van der Waals surface area contributed by atoms with Crippen LogP contribution in [-0.2, 0) is 15.8 Å². The second-order valence-electron chi connectivity index (χ2n) is 5.23. The Labute approximate surface area is 127 Å².